The van der Waals surface area contributed by atoms with Crippen molar-refractivity contribution in [2.24, 2.45) is 0 Å². The Hall–Kier alpha value is -2.72. The molecular weight excluding hydrogens is 362 g/mol. The highest BCUT2D eigenvalue weighted by Crippen LogP contribution is 2.19. The molecule has 0 radical (unpaired) electrons. The topological polar surface area (TPSA) is 42.7 Å². The third-order valence-corrected chi connectivity index (χ3v) is 4.00. The monoisotopic (exact) mass is 385 g/mol. The largest absolute Gasteiger partial charge is 0.482 e. The minimum absolute atomic E-state index is 0.193. The van der Waals surface area contributed by atoms with E-state index in [0.717, 1.165) is 11.3 Å². The molecule has 0 amide bonds. The summed E-state index contributed by atoms with van der Waals surface area (Å²) < 4.78 is 11.1. The van der Waals surface area contributed by atoms with Crippen LogP contribution in [0.2, 0.25) is 5.02 Å². The maximum Gasteiger partial charge on any atom is 0.227 e. The third kappa shape index (κ3) is 6.19. The highest BCUT2D eigenvalue weighted by molar-refractivity contribution is 6.30. The van der Waals surface area contributed by atoms with Gasteiger partial charge in [-0.3, -0.25) is 4.79 Å². The zero-order valence-electron chi connectivity index (χ0n) is 15.8. The van der Waals surface area contributed by atoms with Gasteiger partial charge in [0.1, 0.15) is 18.6 Å². The number of nitrogens with zero attached hydrogens (tertiary/aromatic N) is 1. The van der Waals surface area contributed by atoms with Crippen LogP contribution in [0.3, 0.4) is 0 Å². The van der Waals surface area contributed by atoms with Crippen molar-refractivity contribution in [3.05, 3.63) is 93.5 Å². The molecule has 0 saturated carbocycles. The molecule has 4 nitrogen and oxygen atoms in total. The Labute approximate surface area is 165 Å². The van der Waals surface area contributed by atoms with Crippen LogP contribution in [-0.4, -0.2) is 7.05 Å². The van der Waals surface area contributed by atoms with Gasteiger partial charge >= 0.3 is 0 Å². The smallest absolute Gasteiger partial charge is 0.227 e. The van der Waals surface area contributed by atoms with Crippen LogP contribution >= 0.6 is 11.6 Å². The van der Waals surface area contributed by atoms with Crippen LogP contribution in [-0.2, 0) is 13.2 Å². The lowest BCUT2D eigenvalue weighted by Crippen LogP contribution is -2.17. The van der Waals surface area contributed by atoms with Crippen LogP contribution in [0.5, 0.6) is 5.75 Å². The first kappa shape index (κ1) is 20.6. The van der Waals surface area contributed by atoms with Gasteiger partial charge in [-0.25, -0.2) is 0 Å². The van der Waals surface area contributed by atoms with Gasteiger partial charge in [0.15, 0.2) is 0 Å². The van der Waals surface area contributed by atoms with E-state index < -0.39 is 0 Å². The van der Waals surface area contributed by atoms with Gasteiger partial charge in [-0.05, 0) is 29.8 Å². The molecule has 0 spiro atoms. The second kappa shape index (κ2) is 10.4. The predicted molar refractivity (Wildman–Crippen MR) is 111 cm³/mol. The molecule has 0 N–H and O–H groups in total. The van der Waals surface area contributed by atoms with E-state index in [1.165, 1.54) is 12.3 Å². The average molecular weight is 386 g/mol. The summed E-state index contributed by atoms with van der Waals surface area (Å²) >= 11 is 5.90. The number of halogens is 1. The first-order valence-corrected chi connectivity index (χ1v) is 9.25. The van der Waals surface area contributed by atoms with Crippen LogP contribution < -0.4 is 15.1 Å². The Bertz CT molecular complexity index is 876. The molecule has 5 heteroatoms. The normalized spacial score (nSPS) is 9.93. The Kier molecular flexibility index (Phi) is 7.96. The fourth-order valence-corrected chi connectivity index (χ4v) is 2.51. The quantitative estimate of drug-likeness (QED) is 0.559. The molecule has 3 aromatic rings. The van der Waals surface area contributed by atoms with Gasteiger partial charge in [-0.1, -0.05) is 55.8 Å². The summed E-state index contributed by atoms with van der Waals surface area (Å²) in [6.07, 6.45) is 1.37. The van der Waals surface area contributed by atoms with Crippen molar-refractivity contribution < 1.29 is 9.15 Å². The van der Waals surface area contributed by atoms with E-state index in [4.69, 9.17) is 20.8 Å². The van der Waals surface area contributed by atoms with Gasteiger partial charge in [0, 0.05) is 23.8 Å². The Morgan fingerprint density at radius 3 is 2.33 bits per heavy atom. The zero-order valence-corrected chi connectivity index (χ0v) is 16.6. The van der Waals surface area contributed by atoms with Gasteiger partial charge in [0.2, 0.25) is 11.2 Å². The molecule has 0 aliphatic heterocycles. The fraction of sp³-hybridized carbons (Fsp3) is 0.227. The number of ether oxygens (including phenoxy) is 1. The van der Waals surface area contributed by atoms with Crippen molar-refractivity contribution in [2.75, 3.05) is 11.9 Å². The molecule has 0 fully saturated rings. The first-order valence-electron chi connectivity index (χ1n) is 8.87. The number of hydrogen-bond donors (Lipinski definition) is 0. The van der Waals surface area contributed by atoms with Gasteiger partial charge in [-0.2, -0.15) is 0 Å². The van der Waals surface area contributed by atoms with Gasteiger partial charge in [-0.15, -0.1) is 0 Å². The van der Waals surface area contributed by atoms with E-state index in [2.05, 4.69) is 0 Å². The molecule has 0 unspecified atom stereocenters. The van der Waals surface area contributed by atoms with Crippen LogP contribution in [0.25, 0.3) is 0 Å². The van der Waals surface area contributed by atoms with E-state index in [1.54, 1.807) is 0 Å². The summed E-state index contributed by atoms with van der Waals surface area (Å²) in [5.74, 6) is 0.774. The molecule has 0 aliphatic rings. The molecule has 0 atom stereocenters. The minimum Gasteiger partial charge on any atom is -0.482 e. The molecule has 1 aromatic heterocycles. The maximum atomic E-state index is 12.2. The van der Waals surface area contributed by atoms with Gasteiger partial charge in [0.05, 0.1) is 6.54 Å². The minimum atomic E-state index is -0.193. The molecule has 3 rings (SSSR count). The van der Waals surface area contributed by atoms with E-state index in [0.29, 0.717) is 23.9 Å². The lowest BCUT2D eigenvalue weighted by Gasteiger charge is -2.18. The van der Waals surface area contributed by atoms with E-state index in [1.807, 2.05) is 80.4 Å². The Balaban J connectivity index is 0.00000126. The molecule has 1 heterocycles. The molecule has 27 heavy (non-hydrogen) atoms. The molecule has 2 aromatic carbocycles. The number of rotatable bonds is 6. The summed E-state index contributed by atoms with van der Waals surface area (Å²) in [5.41, 5.74) is 1.78. The fourth-order valence-electron chi connectivity index (χ4n) is 2.38. The number of hydrogen-bond acceptors (Lipinski definition) is 4. The summed E-state index contributed by atoms with van der Waals surface area (Å²) in [4.78, 5) is 14.2. The lowest BCUT2D eigenvalue weighted by atomic mass is 10.2. The zero-order chi connectivity index (χ0) is 19.6. The average Bonchev–Trinajstić information content (AvgIpc) is 2.70. The second-order valence-corrected chi connectivity index (χ2v) is 6.12. The van der Waals surface area contributed by atoms with Crippen molar-refractivity contribution in [1.29, 1.82) is 0 Å². The third-order valence-electron chi connectivity index (χ3n) is 3.75. The van der Waals surface area contributed by atoms with E-state index in [9.17, 15) is 4.79 Å². The van der Waals surface area contributed by atoms with Gasteiger partial charge < -0.3 is 14.1 Å². The highest BCUT2D eigenvalue weighted by Gasteiger charge is 2.08. The molecule has 142 valence electrons. The van der Waals surface area contributed by atoms with E-state index >= 15 is 0 Å². The van der Waals surface area contributed by atoms with Crippen LogP contribution in [0.4, 0.5) is 5.69 Å². The van der Waals surface area contributed by atoms with Crippen LogP contribution in [0.15, 0.2) is 76.1 Å². The van der Waals surface area contributed by atoms with Crippen molar-refractivity contribution >= 4 is 17.3 Å². The highest BCUT2D eigenvalue weighted by atomic mass is 35.5. The first-order chi connectivity index (χ1) is 13.1. The van der Waals surface area contributed by atoms with Crippen molar-refractivity contribution in [1.82, 2.24) is 0 Å². The number of benzene rings is 2. The summed E-state index contributed by atoms with van der Waals surface area (Å²) in [7, 11) is 1.92. The predicted octanol–water partition coefficient (Wildman–Crippen LogP) is 5.53. The number of anilines is 1. The second-order valence-electron chi connectivity index (χ2n) is 5.68. The van der Waals surface area contributed by atoms with Gasteiger partial charge in [0.25, 0.3) is 0 Å². The lowest BCUT2D eigenvalue weighted by molar-refractivity contribution is 0.289. The summed E-state index contributed by atoms with van der Waals surface area (Å²) in [6, 6.07) is 18.6. The molecule has 0 aliphatic carbocycles. The maximum absolute atomic E-state index is 12.2. The van der Waals surface area contributed by atoms with Crippen molar-refractivity contribution in [3.8, 4) is 5.75 Å². The molecular formula is C22H24ClNO3. The Morgan fingerprint density at radius 2 is 1.70 bits per heavy atom. The standard InChI is InChI=1S/C20H18ClNO3.C2H6/c1-22(17-9-7-16(21)8-10-17)12-18-11-19(23)20(14-24-18)25-13-15-5-3-2-4-6-15;1-2/h2-11,14H,12-13H2,1H3;1-2H3. The molecule has 0 saturated heterocycles. The Morgan fingerprint density at radius 1 is 1.04 bits per heavy atom. The van der Waals surface area contributed by atoms with Crippen molar-refractivity contribution in [3.63, 3.8) is 0 Å². The van der Waals surface area contributed by atoms with E-state index in [-0.39, 0.29) is 11.2 Å². The van der Waals surface area contributed by atoms with Crippen molar-refractivity contribution in [2.45, 2.75) is 27.0 Å². The summed E-state index contributed by atoms with van der Waals surface area (Å²) in [5, 5.41) is 0.684. The summed E-state index contributed by atoms with van der Waals surface area (Å²) in [6.45, 7) is 4.80. The molecule has 0 bridgehead atoms. The van der Waals surface area contributed by atoms with Crippen LogP contribution in [0, 0.1) is 0 Å². The SMILES string of the molecule is CC.CN(Cc1cc(=O)c(OCc2ccccc2)co1)c1ccc(Cl)cc1. The van der Waals surface area contributed by atoms with Crippen LogP contribution in [0.1, 0.15) is 25.2 Å².